The van der Waals surface area contributed by atoms with Crippen molar-refractivity contribution < 1.29 is 4.42 Å². The Hall–Kier alpha value is -3.96. The van der Waals surface area contributed by atoms with Gasteiger partial charge in [-0.25, -0.2) is 15.0 Å². The van der Waals surface area contributed by atoms with E-state index < -0.39 is 0 Å². The van der Waals surface area contributed by atoms with Gasteiger partial charge in [0.2, 0.25) is 5.95 Å². The van der Waals surface area contributed by atoms with Crippen LogP contribution < -0.4 is 5.01 Å². The van der Waals surface area contributed by atoms with Gasteiger partial charge >= 0.3 is 0 Å². The zero-order chi connectivity index (χ0) is 23.8. The summed E-state index contributed by atoms with van der Waals surface area (Å²) in [7, 11) is 0. The van der Waals surface area contributed by atoms with E-state index in [9.17, 15) is 0 Å². The lowest BCUT2D eigenvalue weighted by molar-refractivity contribution is 0.463. The standard InChI is InChI=1S/C29H23ClN4O/c1-2-19-10-12-20(13-11-19)25-18-26(27-9-6-16-35-27)34(33-25)29-31-24-15-14-22(30)17-23(24)28(32-29)21-7-4-3-5-8-21/h3-17,26H,2,18H2,1H3. The minimum Gasteiger partial charge on any atom is -0.467 e. The van der Waals surface area contributed by atoms with Crippen LogP contribution in [0.5, 0.6) is 0 Å². The SMILES string of the molecule is CCc1ccc(C2=NN(c3nc(-c4ccccc4)c4cc(Cl)ccc4n3)C(c3ccco3)C2)cc1. The van der Waals surface area contributed by atoms with Gasteiger partial charge in [-0.1, -0.05) is 73.1 Å². The Labute approximate surface area is 208 Å². The number of furan rings is 1. The molecule has 1 aliphatic rings. The molecule has 0 aliphatic carbocycles. The normalized spacial score (nSPS) is 15.5. The summed E-state index contributed by atoms with van der Waals surface area (Å²) in [4.78, 5) is 9.92. The van der Waals surface area contributed by atoms with E-state index in [1.165, 1.54) is 5.56 Å². The molecule has 3 heterocycles. The van der Waals surface area contributed by atoms with Crippen molar-refractivity contribution in [2.45, 2.75) is 25.8 Å². The lowest BCUT2D eigenvalue weighted by Gasteiger charge is -2.21. The van der Waals surface area contributed by atoms with Gasteiger partial charge in [-0.2, -0.15) is 5.10 Å². The van der Waals surface area contributed by atoms with Crippen LogP contribution in [0.2, 0.25) is 5.02 Å². The molecular formula is C29H23ClN4O. The number of fused-ring (bicyclic) bond motifs is 1. The fraction of sp³-hybridized carbons (Fsp3) is 0.138. The lowest BCUT2D eigenvalue weighted by atomic mass is 10.0. The van der Waals surface area contributed by atoms with Gasteiger partial charge in [0.25, 0.3) is 0 Å². The number of aryl methyl sites for hydroxylation is 1. The number of nitrogens with zero attached hydrogens (tertiary/aromatic N) is 4. The van der Waals surface area contributed by atoms with Crippen LogP contribution >= 0.6 is 11.6 Å². The van der Waals surface area contributed by atoms with Crippen molar-refractivity contribution in [2.75, 3.05) is 5.01 Å². The largest absolute Gasteiger partial charge is 0.467 e. The number of hydrogen-bond donors (Lipinski definition) is 0. The third kappa shape index (κ3) is 4.08. The second kappa shape index (κ2) is 9.01. The monoisotopic (exact) mass is 478 g/mol. The van der Waals surface area contributed by atoms with Crippen LogP contribution in [-0.4, -0.2) is 15.7 Å². The first-order valence-electron chi connectivity index (χ1n) is 11.7. The topological polar surface area (TPSA) is 54.5 Å². The first-order chi connectivity index (χ1) is 17.2. The molecule has 0 spiro atoms. The predicted octanol–water partition coefficient (Wildman–Crippen LogP) is 7.46. The number of rotatable bonds is 5. The Kier molecular flexibility index (Phi) is 5.55. The molecule has 0 saturated carbocycles. The van der Waals surface area contributed by atoms with Gasteiger partial charge in [0.15, 0.2) is 0 Å². The molecule has 5 nitrogen and oxygen atoms in total. The molecule has 5 aromatic rings. The second-order valence-electron chi connectivity index (χ2n) is 8.58. The van der Waals surface area contributed by atoms with Crippen molar-refractivity contribution in [3.63, 3.8) is 0 Å². The van der Waals surface area contributed by atoms with Crippen LogP contribution in [0, 0.1) is 0 Å². The van der Waals surface area contributed by atoms with Crippen molar-refractivity contribution in [3.05, 3.63) is 113 Å². The first kappa shape index (κ1) is 21.6. The summed E-state index contributed by atoms with van der Waals surface area (Å²) in [6.45, 7) is 2.16. The van der Waals surface area contributed by atoms with E-state index in [0.29, 0.717) is 17.4 Å². The summed E-state index contributed by atoms with van der Waals surface area (Å²) < 4.78 is 5.82. The summed E-state index contributed by atoms with van der Waals surface area (Å²) in [5, 5.41) is 8.46. The van der Waals surface area contributed by atoms with E-state index in [1.807, 2.05) is 65.7 Å². The molecule has 172 valence electrons. The van der Waals surface area contributed by atoms with Crippen molar-refractivity contribution in [2.24, 2.45) is 5.10 Å². The molecule has 35 heavy (non-hydrogen) atoms. The number of aromatic nitrogens is 2. The summed E-state index contributed by atoms with van der Waals surface area (Å²) in [6, 6.07) is 28.1. The molecule has 2 aromatic heterocycles. The van der Waals surface area contributed by atoms with Gasteiger partial charge in [0.1, 0.15) is 11.8 Å². The molecule has 1 atom stereocenters. The van der Waals surface area contributed by atoms with Crippen LogP contribution in [-0.2, 0) is 6.42 Å². The Morgan fingerprint density at radius 2 is 1.74 bits per heavy atom. The summed E-state index contributed by atoms with van der Waals surface area (Å²) >= 11 is 6.34. The molecule has 6 heteroatoms. The van der Waals surface area contributed by atoms with Crippen LogP contribution in [0.4, 0.5) is 5.95 Å². The maximum atomic E-state index is 6.34. The fourth-order valence-electron chi connectivity index (χ4n) is 4.51. The van der Waals surface area contributed by atoms with Gasteiger partial charge in [0, 0.05) is 22.4 Å². The third-order valence-corrected chi connectivity index (χ3v) is 6.61. The van der Waals surface area contributed by atoms with E-state index >= 15 is 0 Å². The van der Waals surface area contributed by atoms with Crippen molar-refractivity contribution in [3.8, 4) is 11.3 Å². The van der Waals surface area contributed by atoms with E-state index in [0.717, 1.165) is 45.6 Å². The average molecular weight is 479 g/mol. The molecule has 3 aromatic carbocycles. The molecule has 0 fully saturated rings. The molecule has 6 rings (SSSR count). The highest BCUT2D eigenvalue weighted by Crippen LogP contribution is 2.38. The van der Waals surface area contributed by atoms with Gasteiger partial charge in [-0.3, -0.25) is 0 Å². The lowest BCUT2D eigenvalue weighted by Crippen LogP contribution is -2.20. The van der Waals surface area contributed by atoms with Crippen LogP contribution in [0.3, 0.4) is 0 Å². The zero-order valence-corrected chi connectivity index (χ0v) is 20.0. The smallest absolute Gasteiger partial charge is 0.248 e. The molecule has 0 amide bonds. The van der Waals surface area contributed by atoms with Gasteiger partial charge in [-0.15, -0.1) is 0 Å². The average Bonchev–Trinajstić information content (AvgIpc) is 3.59. The molecule has 0 saturated heterocycles. The Bertz CT molecular complexity index is 1510. The zero-order valence-electron chi connectivity index (χ0n) is 19.2. The fourth-order valence-corrected chi connectivity index (χ4v) is 4.68. The Morgan fingerprint density at radius 1 is 0.914 bits per heavy atom. The molecular weight excluding hydrogens is 456 g/mol. The minimum absolute atomic E-state index is 0.140. The van der Waals surface area contributed by atoms with Crippen LogP contribution in [0.1, 0.15) is 36.3 Å². The summed E-state index contributed by atoms with van der Waals surface area (Å²) in [6.07, 6.45) is 3.40. The van der Waals surface area contributed by atoms with Gasteiger partial charge < -0.3 is 4.42 Å². The van der Waals surface area contributed by atoms with Crippen molar-refractivity contribution in [1.29, 1.82) is 0 Å². The van der Waals surface area contributed by atoms with E-state index in [-0.39, 0.29) is 6.04 Å². The number of halogens is 1. The summed E-state index contributed by atoms with van der Waals surface area (Å²) in [5.74, 6) is 1.36. The molecule has 0 radical (unpaired) electrons. The van der Waals surface area contributed by atoms with Gasteiger partial charge in [-0.05, 0) is 47.9 Å². The highest BCUT2D eigenvalue weighted by Gasteiger charge is 2.34. The van der Waals surface area contributed by atoms with E-state index in [1.54, 1.807) is 6.26 Å². The van der Waals surface area contributed by atoms with Crippen LogP contribution in [0.15, 0.2) is 101 Å². The maximum absolute atomic E-state index is 6.34. The Morgan fingerprint density at radius 3 is 2.49 bits per heavy atom. The molecule has 1 unspecified atom stereocenters. The number of anilines is 1. The molecule has 0 N–H and O–H groups in total. The van der Waals surface area contributed by atoms with Crippen molar-refractivity contribution in [1.82, 2.24) is 9.97 Å². The molecule has 0 bridgehead atoms. The molecule has 1 aliphatic heterocycles. The first-order valence-corrected chi connectivity index (χ1v) is 12.1. The van der Waals surface area contributed by atoms with Gasteiger partial charge in [0.05, 0.1) is 23.2 Å². The highest BCUT2D eigenvalue weighted by molar-refractivity contribution is 6.31. The Balaban J connectivity index is 1.51. The second-order valence-corrected chi connectivity index (χ2v) is 9.01. The highest BCUT2D eigenvalue weighted by atomic mass is 35.5. The van der Waals surface area contributed by atoms with Crippen LogP contribution in [0.25, 0.3) is 22.2 Å². The summed E-state index contributed by atoms with van der Waals surface area (Å²) in [5.41, 5.74) is 6.01. The number of hydrazone groups is 1. The third-order valence-electron chi connectivity index (χ3n) is 6.38. The minimum atomic E-state index is -0.140. The van der Waals surface area contributed by atoms with E-state index in [4.69, 9.17) is 31.1 Å². The maximum Gasteiger partial charge on any atom is 0.248 e. The quantitative estimate of drug-likeness (QED) is 0.263. The predicted molar refractivity (Wildman–Crippen MR) is 141 cm³/mol. The number of benzene rings is 3. The van der Waals surface area contributed by atoms with Crippen molar-refractivity contribution >= 4 is 34.2 Å². The van der Waals surface area contributed by atoms with E-state index in [2.05, 4.69) is 31.2 Å². The number of hydrogen-bond acceptors (Lipinski definition) is 5.